The largest absolute Gasteiger partial charge is 0.385 e. The van der Waals surface area contributed by atoms with Crippen LogP contribution in [-0.4, -0.2) is 34.1 Å². The molecule has 0 saturated heterocycles. The molecule has 0 aliphatic heterocycles. The Morgan fingerprint density at radius 1 is 1.50 bits per heavy atom. The molecule has 0 bridgehead atoms. The third kappa shape index (κ3) is 5.05. The van der Waals surface area contributed by atoms with Crippen LogP contribution >= 0.6 is 26.6 Å². The lowest BCUT2D eigenvalue weighted by atomic mass is 10.2. The number of carbonyl (C=O) groups excluding carboxylic acids is 1. The van der Waals surface area contributed by atoms with Crippen molar-refractivity contribution in [3.8, 4) is 0 Å². The first-order valence-electron chi connectivity index (χ1n) is 5.79. The number of nitrogens with one attached hydrogen (secondary N) is 1. The summed E-state index contributed by atoms with van der Waals surface area (Å²) in [6.07, 6.45) is 0.666. The van der Waals surface area contributed by atoms with Crippen LogP contribution in [0.25, 0.3) is 0 Å². The van der Waals surface area contributed by atoms with Crippen LogP contribution in [-0.2, 0) is 13.8 Å². The van der Waals surface area contributed by atoms with E-state index < -0.39 is 9.05 Å². The van der Waals surface area contributed by atoms with Gasteiger partial charge in [0.05, 0.1) is 4.90 Å². The second kappa shape index (κ2) is 7.40. The lowest BCUT2D eigenvalue weighted by Gasteiger charge is -2.13. The lowest BCUT2D eigenvalue weighted by Crippen LogP contribution is -2.33. The number of hydrogen-bond donors (Lipinski definition) is 1. The third-order valence-electron chi connectivity index (χ3n) is 2.59. The molecule has 1 unspecified atom stereocenters. The number of methoxy groups -OCH3 is 1. The zero-order chi connectivity index (χ0) is 15.3. The highest BCUT2D eigenvalue weighted by molar-refractivity contribution is 9.10. The van der Waals surface area contributed by atoms with Gasteiger partial charge in [-0.15, -0.1) is 0 Å². The summed E-state index contributed by atoms with van der Waals surface area (Å²) >= 11 is 3.09. The van der Waals surface area contributed by atoms with Gasteiger partial charge in [-0.05, 0) is 47.5 Å². The van der Waals surface area contributed by atoms with E-state index in [1.807, 2.05) is 6.92 Å². The standard InChI is InChI=1S/C12H15BrClNO4S/c1-8(5-6-19-2)15-12(16)9-3-4-10(13)11(7-9)20(14,17)18/h3-4,7-8H,5-6H2,1-2H3,(H,15,16). The molecule has 0 aliphatic rings. The van der Waals surface area contributed by atoms with E-state index in [1.54, 1.807) is 7.11 Å². The van der Waals surface area contributed by atoms with E-state index in [0.29, 0.717) is 17.5 Å². The number of ether oxygens (including phenoxy) is 1. The molecule has 0 aliphatic carbocycles. The summed E-state index contributed by atoms with van der Waals surface area (Å²) in [6.45, 7) is 2.37. The summed E-state index contributed by atoms with van der Waals surface area (Å²) in [5, 5.41) is 2.76. The van der Waals surface area contributed by atoms with Crippen molar-refractivity contribution in [2.24, 2.45) is 0 Å². The highest BCUT2D eigenvalue weighted by Gasteiger charge is 2.18. The van der Waals surface area contributed by atoms with Crippen LogP contribution in [0, 0.1) is 0 Å². The average Bonchev–Trinajstić information content (AvgIpc) is 2.35. The predicted molar refractivity (Wildman–Crippen MR) is 80.6 cm³/mol. The Morgan fingerprint density at radius 3 is 2.70 bits per heavy atom. The fraction of sp³-hybridized carbons (Fsp3) is 0.417. The first kappa shape index (κ1) is 17.4. The summed E-state index contributed by atoms with van der Waals surface area (Å²) < 4.78 is 28.0. The molecule has 0 spiro atoms. The SMILES string of the molecule is COCCC(C)NC(=O)c1ccc(Br)c(S(=O)(=O)Cl)c1. The molecule has 0 fully saturated rings. The molecule has 5 nitrogen and oxygen atoms in total. The molecular formula is C12H15BrClNO4S. The number of amides is 1. The van der Waals surface area contributed by atoms with Gasteiger partial charge in [0.2, 0.25) is 0 Å². The fourth-order valence-corrected chi connectivity index (χ4v) is 3.62. The topological polar surface area (TPSA) is 72.5 Å². The van der Waals surface area contributed by atoms with E-state index in [4.69, 9.17) is 15.4 Å². The molecule has 1 aromatic carbocycles. The van der Waals surface area contributed by atoms with Crippen LogP contribution in [0.4, 0.5) is 0 Å². The molecular weight excluding hydrogens is 370 g/mol. The molecule has 0 saturated carbocycles. The number of benzene rings is 1. The van der Waals surface area contributed by atoms with Crippen LogP contribution in [0.15, 0.2) is 27.6 Å². The number of carbonyl (C=O) groups is 1. The van der Waals surface area contributed by atoms with Gasteiger partial charge >= 0.3 is 0 Å². The van der Waals surface area contributed by atoms with Gasteiger partial charge in [-0.1, -0.05) is 0 Å². The molecule has 0 heterocycles. The summed E-state index contributed by atoms with van der Waals surface area (Å²) in [4.78, 5) is 11.9. The van der Waals surface area contributed by atoms with E-state index in [9.17, 15) is 13.2 Å². The van der Waals surface area contributed by atoms with Gasteiger partial charge in [0.1, 0.15) is 0 Å². The van der Waals surface area contributed by atoms with Crippen molar-refractivity contribution in [2.45, 2.75) is 24.3 Å². The first-order valence-corrected chi connectivity index (χ1v) is 8.90. The van der Waals surface area contributed by atoms with E-state index in [1.165, 1.54) is 18.2 Å². The Morgan fingerprint density at radius 2 is 2.15 bits per heavy atom. The maximum absolute atomic E-state index is 12.0. The number of hydrogen-bond acceptors (Lipinski definition) is 4. The minimum atomic E-state index is -3.91. The first-order chi connectivity index (χ1) is 9.25. The molecule has 1 N–H and O–H groups in total. The summed E-state index contributed by atoms with van der Waals surface area (Å²) in [5.74, 6) is -0.359. The Labute approximate surface area is 131 Å². The Hall–Kier alpha value is -0.630. The summed E-state index contributed by atoms with van der Waals surface area (Å²) in [5.41, 5.74) is 0.233. The van der Waals surface area contributed by atoms with Gasteiger partial charge in [0.25, 0.3) is 15.0 Å². The van der Waals surface area contributed by atoms with E-state index in [0.717, 1.165) is 0 Å². The van der Waals surface area contributed by atoms with Gasteiger partial charge in [-0.2, -0.15) is 0 Å². The van der Waals surface area contributed by atoms with Crippen LogP contribution < -0.4 is 5.32 Å². The highest BCUT2D eigenvalue weighted by Crippen LogP contribution is 2.26. The van der Waals surface area contributed by atoms with E-state index in [-0.39, 0.29) is 22.4 Å². The van der Waals surface area contributed by atoms with Gasteiger partial charge in [-0.3, -0.25) is 4.79 Å². The van der Waals surface area contributed by atoms with Crippen molar-refractivity contribution in [1.29, 1.82) is 0 Å². The average molecular weight is 385 g/mol. The molecule has 1 atom stereocenters. The zero-order valence-electron chi connectivity index (χ0n) is 11.0. The van der Waals surface area contributed by atoms with Crippen molar-refractivity contribution < 1.29 is 17.9 Å². The smallest absolute Gasteiger partial charge is 0.262 e. The minimum Gasteiger partial charge on any atom is -0.385 e. The van der Waals surface area contributed by atoms with Crippen LogP contribution in [0.5, 0.6) is 0 Å². The van der Waals surface area contributed by atoms with E-state index >= 15 is 0 Å². The molecule has 0 radical (unpaired) electrons. The minimum absolute atomic E-state index is 0.0813. The molecule has 112 valence electrons. The molecule has 1 aromatic rings. The third-order valence-corrected chi connectivity index (χ3v) is 4.90. The van der Waals surface area contributed by atoms with Crippen molar-refractivity contribution in [1.82, 2.24) is 5.32 Å². The number of halogens is 2. The normalized spacial score (nSPS) is 13.0. The highest BCUT2D eigenvalue weighted by atomic mass is 79.9. The Balaban J connectivity index is 2.90. The van der Waals surface area contributed by atoms with Gasteiger partial charge < -0.3 is 10.1 Å². The molecule has 20 heavy (non-hydrogen) atoms. The van der Waals surface area contributed by atoms with Gasteiger partial charge in [0.15, 0.2) is 0 Å². The summed E-state index contributed by atoms with van der Waals surface area (Å²) in [7, 11) is 2.99. The van der Waals surface area contributed by atoms with E-state index in [2.05, 4.69) is 21.2 Å². The predicted octanol–water partition coefficient (Wildman–Crippen LogP) is 2.53. The van der Waals surface area contributed by atoms with Crippen molar-refractivity contribution >= 4 is 41.6 Å². The summed E-state index contributed by atoms with van der Waals surface area (Å²) in [6, 6.07) is 4.16. The Kier molecular flexibility index (Phi) is 6.44. The second-order valence-corrected chi connectivity index (χ2v) is 7.63. The lowest BCUT2D eigenvalue weighted by molar-refractivity contribution is 0.0929. The number of rotatable bonds is 6. The fourth-order valence-electron chi connectivity index (χ4n) is 1.51. The maximum atomic E-state index is 12.0. The maximum Gasteiger partial charge on any atom is 0.262 e. The Bertz CT molecular complexity index is 591. The van der Waals surface area contributed by atoms with Crippen molar-refractivity contribution in [3.05, 3.63) is 28.2 Å². The molecule has 1 rings (SSSR count). The molecule has 8 heteroatoms. The van der Waals surface area contributed by atoms with Crippen LogP contribution in [0.1, 0.15) is 23.7 Å². The van der Waals surface area contributed by atoms with Crippen LogP contribution in [0.2, 0.25) is 0 Å². The van der Waals surface area contributed by atoms with Crippen molar-refractivity contribution in [3.63, 3.8) is 0 Å². The quantitative estimate of drug-likeness (QED) is 0.765. The monoisotopic (exact) mass is 383 g/mol. The second-order valence-electron chi connectivity index (χ2n) is 4.24. The van der Waals surface area contributed by atoms with Gasteiger partial charge in [0, 0.05) is 40.5 Å². The van der Waals surface area contributed by atoms with Crippen LogP contribution in [0.3, 0.4) is 0 Å². The molecule has 1 amide bonds. The zero-order valence-corrected chi connectivity index (χ0v) is 14.2. The molecule has 0 aromatic heterocycles. The van der Waals surface area contributed by atoms with Crippen molar-refractivity contribution in [2.75, 3.05) is 13.7 Å². The van der Waals surface area contributed by atoms with Gasteiger partial charge in [-0.25, -0.2) is 8.42 Å².